The largest absolute Gasteiger partial charge is 0.240 e. The van der Waals surface area contributed by atoms with Crippen molar-refractivity contribution >= 4 is 0 Å². The molecule has 1 aromatic heterocycles. The Morgan fingerprint density at radius 3 is 2.21 bits per heavy atom. The molecule has 0 amide bonds. The van der Waals surface area contributed by atoms with Gasteiger partial charge in [0.1, 0.15) is 5.82 Å². The summed E-state index contributed by atoms with van der Waals surface area (Å²) in [5.41, 5.74) is 0.937. The van der Waals surface area contributed by atoms with Gasteiger partial charge in [0.25, 0.3) is 0 Å². The van der Waals surface area contributed by atoms with Gasteiger partial charge in [-0.1, -0.05) is 58.3 Å². The molecule has 0 bridgehead atoms. The third kappa shape index (κ3) is 6.42. The number of nitrogens with zero attached hydrogens (tertiary/aromatic N) is 3. The third-order valence-corrected chi connectivity index (χ3v) is 3.51. The molecule has 0 fully saturated rings. The molecule has 3 heteroatoms. The summed E-state index contributed by atoms with van der Waals surface area (Å²) < 4.78 is 1.60. The van der Waals surface area contributed by atoms with E-state index in [1.165, 1.54) is 51.4 Å². The van der Waals surface area contributed by atoms with Gasteiger partial charge in [-0.3, -0.25) is 0 Å². The molecule has 0 aliphatic rings. The average molecular weight is 261 g/mol. The van der Waals surface area contributed by atoms with Crippen LogP contribution in [0.5, 0.6) is 0 Å². The second-order valence-electron chi connectivity index (χ2n) is 5.35. The van der Waals surface area contributed by atoms with E-state index in [1.807, 2.05) is 13.1 Å². The van der Waals surface area contributed by atoms with Crippen LogP contribution in [0.15, 0.2) is 6.20 Å². The van der Waals surface area contributed by atoms with E-state index >= 15 is 0 Å². The fraction of sp³-hybridized carbons (Fsp3) is 0.750. The highest BCUT2D eigenvalue weighted by molar-refractivity contribution is 5.07. The van der Waals surface area contributed by atoms with Crippen LogP contribution in [-0.2, 0) is 6.42 Å². The first-order valence-corrected chi connectivity index (χ1v) is 7.73. The van der Waals surface area contributed by atoms with Crippen molar-refractivity contribution in [2.45, 2.75) is 78.1 Å². The van der Waals surface area contributed by atoms with Gasteiger partial charge in [0.15, 0.2) is 6.19 Å². The van der Waals surface area contributed by atoms with Crippen LogP contribution in [0, 0.1) is 18.4 Å². The molecule has 0 saturated carbocycles. The van der Waals surface area contributed by atoms with Crippen LogP contribution in [0.3, 0.4) is 0 Å². The van der Waals surface area contributed by atoms with Crippen LogP contribution in [0.25, 0.3) is 0 Å². The van der Waals surface area contributed by atoms with Gasteiger partial charge in [0.05, 0.1) is 5.69 Å². The summed E-state index contributed by atoms with van der Waals surface area (Å²) in [6.45, 7) is 4.19. The number of hydrogen-bond acceptors (Lipinski definition) is 2. The Balaban J connectivity index is 2.03. The minimum Gasteiger partial charge on any atom is -0.240 e. The maximum atomic E-state index is 8.95. The molecule has 0 N–H and O–H groups in total. The van der Waals surface area contributed by atoms with Crippen LogP contribution < -0.4 is 0 Å². The van der Waals surface area contributed by atoms with E-state index in [0.717, 1.165) is 24.4 Å². The summed E-state index contributed by atoms with van der Waals surface area (Å²) in [7, 11) is 0. The average Bonchev–Trinajstić information content (AvgIpc) is 2.77. The Labute approximate surface area is 117 Å². The Morgan fingerprint density at radius 1 is 1.05 bits per heavy atom. The number of aromatic nitrogens is 2. The summed E-state index contributed by atoms with van der Waals surface area (Å²) in [4.78, 5) is 4.39. The number of unbranched alkanes of at least 4 members (excludes halogenated alkanes) is 8. The number of imidazole rings is 1. The van der Waals surface area contributed by atoms with E-state index in [1.54, 1.807) is 4.57 Å². The summed E-state index contributed by atoms with van der Waals surface area (Å²) in [5.74, 6) is 0.919. The Bertz CT molecular complexity index is 387. The first-order chi connectivity index (χ1) is 9.27. The van der Waals surface area contributed by atoms with Gasteiger partial charge in [-0.2, -0.15) is 5.26 Å². The van der Waals surface area contributed by atoms with Crippen molar-refractivity contribution in [3.63, 3.8) is 0 Å². The van der Waals surface area contributed by atoms with Crippen molar-refractivity contribution in [2.24, 2.45) is 0 Å². The van der Waals surface area contributed by atoms with Gasteiger partial charge in [-0.25, -0.2) is 9.55 Å². The first-order valence-electron chi connectivity index (χ1n) is 7.73. The number of rotatable bonds is 10. The molecule has 106 valence electrons. The Morgan fingerprint density at radius 2 is 1.63 bits per heavy atom. The van der Waals surface area contributed by atoms with Gasteiger partial charge >= 0.3 is 0 Å². The quantitative estimate of drug-likeness (QED) is 0.578. The van der Waals surface area contributed by atoms with Crippen molar-refractivity contribution in [2.75, 3.05) is 0 Å². The summed E-state index contributed by atoms with van der Waals surface area (Å²) in [6.07, 6.45) is 16.8. The molecular formula is C16H27N3. The molecule has 1 heterocycles. The second-order valence-corrected chi connectivity index (χ2v) is 5.35. The van der Waals surface area contributed by atoms with Gasteiger partial charge < -0.3 is 0 Å². The van der Waals surface area contributed by atoms with Gasteiger partial charge in [-0.15, -0.1) is 0 Å². The van der Waals surface area contributed by atoms with E-state index in [0.29, 0.717) is 0 Å². The highest BCUT2D eigenvalue weighted by Crippen LogP contribution is 2.11. The molecule has 1 rings (SSSR count). The molecule has 0 unspecified atom stereocenters. The number of nitriles is 1. The van der Waals surface area contributed by atoms with E-state index < -0.39 is 0 Å². The normalized spacial score (nSPS) is 10.6. The second kappa shape index (κ2) is 9.61. The fourth-order valence-electron chi connectivity index (χ4n) is 2.40. The van der Waals surface area contributed by atoms with Crippen molar-refractivity contribution in [3.05, 3.63) is 17.7 Å². The number of aryl methyl sites for hydroxylation is 2. The van der Waals surface area contributed by atoms with E-state index in [-0.39, 0.29) is 0 Å². The lowest BCUT2D eigenvalue weighted by Gasteiger charge is -2.02. The molecular weight excluding hydrogens is 234 g/mol. The molecule has 0 aliphatic carbocycles. The molecule has 19 heavy (non-hydrogen) atoms. The maximum absolute atomic E-state index is 8.95. The van der Waals surface area contributed by atoms with E-state index in [2.05, 4.69) is 18.1 Å². The van der Waals surface area contributed by atoms with Crippen molar-refractivity contribution in [1.29, 1.82) is 5.26 Å². The Hall–Kier alpha value is -1.30. The van der Waals surface area contributed by atoms with Crippen molar-refractivity contribution in [3.8, 4) is 6.19 Å². The topological polar surface area (TPSA) is 41.6 Å². The lowest BCUT2D eigenvalue weighted by Crippen LogP contribution is -1.97. The molecule has 3 nitrogen and oxygen atoms in total. The molecule has 0 atom stereocenters. The summed E-state index contributed by atoms with van der Waals surface area (Å²) in [5, 5.41) is 8.95. The lowest BCUT2D eigenvalue weighted by molar-refractivity contribution is 0.561. The lowest BCUT2D eigenvalue weighted by atomic mass is 10.1. The van der Waals surface area contributed by atoms with Crippen molar-refractivity contribution < 1.29 is 0 Å². The Kier molecular flexibility index (Phi) is 7.97. The zero-order chi connectivity index (χ0) is 13.9. The number of hydrogen-bond donors (Lipinski definition) is 0. The predicted molar refractivity (Wildman–Crippen MR) is 78.9 cm³/mol. The van der Waals surface area contributed by atoms with Gasteiger partial charge in [0, 0.05) is 12.6 Å². The minimum absolute atomic E-state index is 0.919. The predicted octanol–water partition coefficient (Wildman–Crippen LogP) is 4.59. The minimum atomic E-state index is 0.919. The molecule has 1 aromatic rings. The van der Waals surface area contributed by atoms with E-state index in [9.17, 15) is 0 Å². The molecule has 0 aromatic carbocycles. The van der Waals surface area contributed by atoms with Crippen LogP contribution in [0.1, 0.15) is 76.2 Å². The highest BCUT2D eigenvalue weighted by Gasteiger charge is 2.04. The van der Waals surface area contributed by atoms with Crippen LogP contribution >= 0.6 is 0 Å². The van der Waals surface area contributed by atoms with Crippen LogP contribution in [-0.4, -0.2) is 9.55 Å². The standard InChI is InChI=1S/C16H27N3/c1-3-4-5-6-7-8-9-10-11-12-16-18-15(2)13-19(16)14-17/h13H,3-12H2,1-2H3. The SMILES string of the molecule is CCCCCCCCCCCc1nc(C)cn1C#N. The fourth-order valence-corrected chi connectivity index (χ4v) is 2.40. The smallest absolute Gasteiger partial charge is 0.189 e. The zero-order valence-corrected chi connectivity index (χ0v) is 12.5. The van der Waals surface area contributed by atoms with E-state index in [4.69, 9.17) is 5.26 Å². The molecule has 0 spiro atoms. The maximum Gasteiger partial charge on any atom is 0.189 e. The molecule has 0 saturated heterocycles. The van der Waals surface area contributed by atoms with Gasteiger partial charge in [0.2, 0.25) is 0 Å². The molecule has 0 aliphatic heterocycles. The first kappa shape index (κ1) is 15.8. The van der Waals surface area contributed by atoms with Crippen LogP contribution in [0.4, 0.5) is 0 Å². The van der Waals surface area contributed by atoms with Crippen molar-refractivity contribution in [1.82, 2.24) is 9.55 Å². The van der Waals surface area contributed by atoms with Gasteiger partial charge in [-0.05, 0) is 13.3 Å². The third-order valence-electron chi connectivity index (χ3n) is 3.51. The monoisotopic (exact) mass is 261 g/mol. The van der Waals surface area contributed by atoms with Crippen LogP contribution in [0.2, 0.25) is 0 Å². The summed E-state index contributed by atoms with van der Waals surface area (Å²) in [6, 6.07) is 0. The molecule has 0 radical (unpaired) electrons. The highest BCUT2D eigenvalue weighted by atomic mass is 15.1. The zero-order valence-electron chi connectivity index (χ0n) is 12.5. The summed E-state index contributed by atoms with van der Waals surface area (Å²) >= 11 is 0.